The highest BCUT2D eigenvalue weighted by molar-refractivity contribution is 7.89. The monoisotopic (exact) mass is 431 g/mol. The first-order valence-electron chi connectivity index (χ1n) is 9.65. The van der Waals surface area contributed by atoms with E-state index >= 15 is 0 Å². The van der Waals surface area contributed by atoms with E-state index in [-0.39, 0.29) is 35.0 Å². The maximum Gasteiger partial charge on any atom is 0.253 e. The molecular weight excluding hydrogens is 402 g/mol. The van der Waals surface area contributed by atoms with Crippen LogP contribution >= 0.6 is 12.4 Å². The molecule has 158 valence electrons. The summed E-state index contributed by atoms with van der Waals surface area (Å²) in [6.45, 7) is 5.42. The summed E-state index contributed by atoms with van der Waals surface area (Å²) in [6.07, 6.45) is 3.62. The first kappa shape index (κ1) is 22.9. The number of hydrogen-bond acceptors (Lipinski definition) is 5. The molecule has 1 aromatic carbocycles. The molecule has 2 fully saturated rings. The molecule has 0 atom stereocenters. The molecule has 0 aromatic heterocycles. The van der Waals surface area contributed by atoms with Crippen molar-refractivity contribution in [2.24, 2.45) is 5.92 Å². The van der Waals surface area contributed by atoms with Crippen LogP contribution in [0.3, 0.4) is 0 Å². The standard InChI is InChI=1S/C19H29N3O4S.ClH/c1-3-20-13-14-8-10-22(11-9-14)19(23)15-4-7-17(26-2)18(12-15)27(24,25)21-16-5-6-16;/h4,7,12,14,16,20-21H,3,5-6,8-11,13H2,1-2H3;1H. The van der Waals surface area contributed by atoms with Gasteiger partial charge in [0, 0.05) is 24.7 Å². The molecule has 1 amide bonds. The number of methoxy groups -OCH3 is 1. The van der Waals surface area contributed by atoms with E-state index in [1.165, 1.54) is 13.2 Å². The first-order chi connectivity index (χ1) is 12.9. The minimum Gasteiger partial charge on any atom is -0.495 e. The third kappa shape index (κ3) is 5.59. The smallest absolute Gasteiger partial charge is 0.253 e. The van der Waals surface area contributed by atoms with Crippen molar-refractivity contribution in [2.45, 2.75) is 43.5 Å². The average Bonchev–Trinajstić information content (AvgIpc) is 3.49. The molecule has 1 aromatic rings. The summed E-state index contributed by atoms with van der Waals surface area (Å²) in [5.41, 5.74) is 0.386. The molecule has 7 nitrogen and oxygen atoms in total. The highest BCUT2D eigenvalue weighted by atomic mass is 35.5. The van der Waals surface area contributed by atoms with Crippen molar-refractivity contribution >= 4 is 28.3 Å². The molecule has 0 spiro atoms. The van der Waals surface area contributed by atoms with Gasteiger partial charge in [-0.2, -0.15) is 0 Å². The van der Waals surface area contributed by atoms with Crippen LogP contribution < -0.4 is 14.8 Å². The Morgan fingerprint density at radius 1 is 1.21 bits per heavy atom. The Hall–Kier alpha value is -1.35. The molecule has 2 aliphatic rings. The summed E-state index contributed by atoms with van der Waals surface area (Å²) in [5, 5.41) is 3.36. The zero-order chi connectivity index (χ0) is 19.4. The molecule has 1 aliphatic heterocycles. The van der Waals surface area contributed by atoms with Crippen molar-refractivity contribution in [3.05, 3.63) is 23.8 Å². The lowest BCUT2D eigenvalue weighted by atomic mass is 9.96. The molecule has 3 rings (SSSR count). The number of likely N-dealkylation sites (tertiary alicyclic amines) is 1. The number of ether oxygens (including phenoxy) is 1. The van der Waals surface area contributed by atoms with Crippen molar-refractivity contribution in [1.82, 2.24) is 14.9 Å². The molecular formula is C19H30ClN3O4S. The molecule has 0 radical (unpaired) electrons. The van der Waals surface area contributed by atoms with Gasteiger partial charge in [-0.3, -0.25) is 4.79 Å². The van der Waals surface area contributed by atoms with Gasteiger partial charge < -0.3 is 15.0 Å². The van der Waals surface area contributed by atoms with E-state index in [4.69, 9.17) is 4.74 Å². The van der Waals surface area contributed by atoms with Gasteiger partial charge in [-0.25, -0.2) is 13.1 Å². The van der Waals surface area contributed by atoms with E-state index in [0.717, 1.165) is 38.8 Å². The van der Waals surface area contributed by atoms with E-state index in [1.54, 1.807) is 12.1 Å². The predicted octanol–water partition coefficient (Wildman–Crippen LogP) is 2.02. The van der Waals surface area contributed by atoms with Crippen molar-refractivity contribution in [3.63, 3.8) is 0 Å². The van der Waals surface area contributed by atoms with Gasteiger partial charge in [-0.05, 0) is 62.9 Å². The maximum atomic E-state index is 12.9. The normalized spacial score (nSPS) is 17.9. The van der Waals surface area contributed by atoms with E-state index in [9.17, 15) is 13.2 Å². The second-order valence-electron chi connectivity index (χ2n) is 7.30. The number of hydrogen-bond donors (Lipinski definition) is 2. The van der Waals surface area contributed by atoms with Crippen LogP contribution in [-0.2, 0) is 10.0 Å². The van der Waals surface area contributed by atoms with Crippen LogP contribution in [0.15, 0.2) is 23.1 Å². The van der Waals surface area contributed by atoms with Gasteiger partial charge >= 0.3 is 0 Å². The molecule has 1 saturated carbocycles. The number of nitrogens with one attached hydrogen (secondary N) is 2. The highest BCUT2D eigenvalue weighted by Gasteiger charge is 2.31. The van der Waals surface area contributed by atoms with Gasteiger partial charge in [0.15, 0.2) is 0 Å². The lowest BCUT2D eigenvalue weighted by Gasteiger charge is -2.32. The van der Waals surface area contributed by atoms with Crippen LogP contribution in [0.5, 0.6) is 5.75 Å². The fourth-order valence-corrected chi connectivity index (χ4v) is 4.87. The van der Waals surface area contributed by atoms with Gasteiger partial charge in [-0.15, -0.1) is 12.4 Å². The van der Waals surface area contributed by atoms with Crippen molar-refractivity contribution < 1.29 is 17.9 Å². The Kier molecular flexibility index (Phi) is 8.12. The quantitative estimate of drug-likeness (QED) is 0.657. The summed E-state index contributed by atoms with van der Waals surface area (Å²) in [7, 11) is -2.27. The minimum absolute atomic E-state index is 0. The van der Waals surface area contributed by atoms with Crippen LogP contribution in [0.1, 0.15) is 43.0 Å². The summed E-state index contributed by atoms with van der Waals surface area (Å²) in [5.74, 6) is 0.718. The lowest BCUT2D eigenvalue weighted by Crippen LogP contribution is -2.40. The largest absolute Gasteiger partial charge is 0.495 e. The van der Waals surface area contributed by atoms with Crippen LogP contribution in [0.4, 0.5) is 0 Å². The van der Waals surface area contributed by atoms with Crippen molar-refractivity contribution in [1.29, 1.82) is 0 Å². The number of nitrogens with zero attached hydrogens (tertiary/aromatic N) is 1. The Labute approximate surface area is 173 Å². The summed E-state index contributed by atoms with van der Waals surface area (Å²) in [4.78, 5) is 14.7. The summed E-state index contributed by atoms with van der Waals surface area (Å²) < 4.78 is 33.1. The molecule has 1 heterocycles. The van der Waals surface area contributed by atoms with Crippen molar-refractivity contribution in [2.75, 3.05) is 33.3 Å². The number of carbonyl (C=O) groups is 1. The fourth-order valence-electron chi connectivity index (χ4n) is 3.38. The van der Waals surface area contributed by atoms with E-state index < -0.39 is 10.0 Å². The summed E-state index contributed by atoms with van der Waals surface area (Å²) in [6, 6.07) is 4.64. The Morgan fingerprint density at radius 3 is 2.46 bits per heavy atom. The number of amides is 1. The molecule has 28 heavy (non-hydrogen) atoms. The van der Waals surface area contributed by atoms with Gasteiger partial charge in [0.2, 0.25) is 10.0 Å². The van der Waals surface area contributed by atoms with Crippen LogP contribution in [0, 0.1) is 5.92 Å². The molecule has 0 bridgehead atoms. The Bertz CT molecular complexity index is 775. The Morgan fingerprint density at radius 2 is 1.89 bits per heavy atom. The third-order valence-corrected chi connectivity index (χ3v) is 6.73. The molecule has 0 unspecified atom stereocenters. The number of piperidine rings is 1. The van der Waals surface area contributed by atoms with E-state index in [2.05, 4.69) is 17.0 Å². The number of benzene rings is 1. The van der Waals surface area contributed by atoms with Gasteiger partial charge in [0.25, 0.3) is 5.91 Å². The van der Waals surface area contributed by atoms with Gasteiger partial charge in [0.05, 0.1) is 7.11 Å². The predicted molar refractivity (Wildman–Crippen MR) is 111 cm³/mol. The first-order valence-corrected chi connectivity index (χ1v) is 11.1. The Balaban J connectivity index is 0.00000280. The SMILES string of the molecule is CCNCC1CCN(C(=O)c2ccc(OC)c(S(=O)(=O)NC3CC3)c2)CC1.Cl. The highest BCUT2D eigenvalue weighted by Crippen LogP contribution is 2.29. The topological polar surface area (TPSA) is 87.7 Å². The zero-order valence-electron chi connectivity index (χ0n) is 16.4. The number of halogens is 1. The van der Waals surface area contributed by atoms with Crippen LogP contribution in [-0.4, -0.2) is 58.6 Å². The number of sulfonamides is 1. The van der Waals surface area contributed by atoms with E-state index in [1.807, 2.05) is 4.90 Å². The number of carbonyl (C=O) groups excluding carboxylic acids is 1. The molecule has 1 saturated heterocycles. The fraction of sp³-hybridized carbons (Fsp3) is 0.632. The number of rotatable bonds is 8. The summed E-state index contributed by atoms with van der Waals surface area (Å²) >= 11 is 0. The third-order valence-electron chi connectivity index (χ3n) is 5.18. The van der Waals surface area contributed by atoms with E-state index in [0.29, 0.717) is 24.6 Å². The van der Waals surface area contributed by atoms with Gasteiger partial charge in [0.1, 0.15) is 10.6 Å². The maximum absolute atomic E-state index is 12.9. The average molecular weight is 432 g/mol. The second kappa shape index (κ2) is 9.91. The molecule has 9 heteroatoms. The van der Waals surface area contributed by atoms with Gasteiger partial charge in [-0.1, -0.05) is 6.92 Å². The lowest BCUT2D eigenvalue weighted by molar-refractivity contribution is 0.0690. The van der Waals surface area contributed by atoms with Crippen LogP contribution in [0.2, 0.25) is 0 Å². The zero-order valence-corrected chi connectivity index (χ0v) is 18.1. The van der Waals surface area contributed by atoms with Crippen LogP contribution in [0.25, 0.3) is 0 Å². The van der Waals surface area contributed by atoms with Crippen molar-refractivity contribution in [3.8, 4) is 5.75 Å². The molecule has 1 aliphatic carbocycles. The molecule has 2 N–H and O–H groups in total. The second-order valence-corrected chi connectivity index (χ2v) is 8.99. The minimum atomic E-state index is -3.70.